The summed E-state index contributed by atoms with van der Waals surface area (Å²) < 4.78 is 47.1. The van der Waals surface area contributed by atoms with E-state index in [9.17, 15) is 22.8 Å². The Kier molecular flexibility index (Phi) is 6.78. The molecule has 0 spiro atoms. The fraction of sp³-hybridized carbons (Fsp3) is 0.280. The summed E-state index contributed by atoms with van der Waals surface area (Å²) in [6.45, 7) is 6.86. The maximum Gasteiger partial charge on any atom is 0.419 e. The lowest BCUT2D eigenvalue weighted by Crippen LogP contribution is -2.27. The van der Waals surface area contributed by atoms with E-state index in [2.05, 4.69) is 4.98 Å². The second kappa shape index (κ2) is 9.40. The van der Waals surface area contributed by atoms with Gasteiger partial charge in [0, 0.05) is 22.0 Å². The fourth-order valence-corrected chi connectivity index (χ4v) is 4.78. The van der Waals surface area contributed by atoms with Gasteiger partial charge in [-0.2, -0.15) is 13.2 Å². The zero-order valence-corrected chi connectivity index (χ0v) is 21.3. The molecule has 4 aromatic rings. The van der Waals surface area contributed by atoms with Crippen LogP contribution in [0.3, 0.4) is 0 Å². The quantitative estimate of drug-likeness (QED) is 0.197. The molecule has 0 unspecified atom stereocenters. The van der Waals surface area contributed by atoms with Crippen molar-refractivity contribution in [3.63, 3.8) is 0 Å². The minimum absolute atomic E-state index is 0.00140. The van der Waals surface area contributed by atoms with Crippen LogP contribution in [0.25, 0.3) is 33.3 Å². The maximum absolute atomic E-state index is 13.5. The van der Waals surface area contributed by atoms with Crippen molar-refractivity contribution in [3.05, 3.63) is 52.7 Å². The first-order valence-electron chi connectivity index (χ1n) is 10.9. The highest BCUT2D eigenvalue weighted by atomic mass is 35.5. The highest BCUT2D eigenvalue weighted by molar-refractivity contribution is 7.99. The van der Waals surface area contributed by atoms with Crippen molar-refractivity contribution in [2.24, 2.45) is 0 Å². The molecular formula is C25H21ClF3N3O3S. The van der Waals surface area contributed by atoms with E-state index in [1.54, 1.807) is 39.0 Å². The Labute approximate surface area is 213 Å². The van der Waals surface area contributed by atoms with E-state index in [-0.39, 0.29) is 27.4 Å². The Morgan fingerprint density at radius 2 is 1.92 bits per heavy atom. The normalized spacial score (nSPS) is 12.3. The Morgan fingerprint density at radius 1 is 1.19 bits per heavy atom. The largest absolute Gasteiger partial charge is 0.443 e. The topological polar surface area (TPSA) is 74.1 Å². The molecule has 0 aliphatic heterocycles. The molecule has 1 aromatic carbocycles. The number of hydrogen-bond donors (Lipinski definition) is 0. The molecule has 11 heteroatoms. The fourth-order valence-electron chi connectivity index (χ4n) is 3.66. The number of pyridine rings is 2. The molecule has 0 fully saturated rings. The predicted molar refractivity (Wildman–Crippen MR) is 134 cm³/mol. The molecule has 3 heterocycles. The number of carbonyl (C=O) groups excluding carboxylic acids is 2. The van der Waals surface area contributed by atoms with Crippen LogP contribution in [0.4, 0.5) is 18.0 Å². The lowest BCUT2D eigenvalue weighted by Gasteiger charge is -2.21. The average Bonchev–Trinajstić information content (AvgIpc) is 3.08. The smallest absolute Gasteiger partial charge is 0.419 e. The van der Waals surface area contributed by atoms with E-state index in [1.807, 2.05) is 13.0 Å². The molecule has 0 saturated carbocycles. The van der Waals surface area contributed by atoms with Gasteiger partial charge < -0.3 is 4.74 Å². The van der Waals surface area contributed by atoms with E-state index >= 15 is 0 Å². The second-order valence-corrected chi connectivity index (χ2v) is 10.6. The number of alkyl halides is 3. The Balaban J connectivity index is 2.11. The van der Waals surface area contributed by atoms with Crippen LogP contribution in [0.1, 0.15) is 43.6 Å². The standard InChI is InChI=1S/C25H21ClF3N3O3S/c1-5-36-18-9-14-7-6-13(12-33)8-16(14)31-21(18)22-19(26)20-17(10-15(11-30-20)25(27,28)29)32(22)23(34)35-24(2,3)4/h6-12H,5H2,1-4H3. The van der Waals surface area contributed by atoms with Crippen LogP contribution in [0.15, 0.2) is 41.4 Å². The van der Waals surface area contributed by atoms with Crippen molar-refractivity contribution in [1.82, 2.24) is 14.5 Å². The summed E-state index contributed by atoms with van der Waals surface area (Å²) >= 11 is 8.11. The van der Waals surface area contributed by atoms with E-state index in [0.717, 1.165) is 16.0 Å². The van der Waals surface area contributed by atoms with Gasteiger partial charge >= 0.3 is 12.3 Å². The van der Waals surface area contributed by atoms with Crippen LogP contribution in [-0.2, 0) is 10.9 Å². The van der Waals surface area contributed by atoms with Crippen molar-refractivity contribution in [3.8, 4) is 11.4 Å². The molecular weight excluding hydrogens is 515 g/mol. The number of aromatic nitrogens is 3. The maximum atomic E-state index is 13.5. The minimum atomic E-state index is -4.69. The van der Waals surface area contributed by atoms with E-state index in [1.165, 1.54) is 11.8 Å². The molecule has 4 rings (SSSR count). The average molecular weight is 536 g/mol. The molecule has 0 radical (unpaired) electrons. The van der Waals surface area contributed by atoms with Crippen LogP contribution >= 0.6 is 23.4 Å². The summed E-state index contributed by atoms with van der Waals surface area (Å²) in [5, 5.41) is 0.703. The summed E-state index contributed by atoms with van der Waals surface area (Å²) in [5.74, 6) is 0.646. The number of thioether (sulfide) groups is 1. The lowest BCUT2D eigenvalue weighted by molar-refractivity contribution is -0.137. The molecule has 0 amide bonds. The molecule has 36 heavy (non-hydrogen) atoms. The monoisotopic (exact) mass is 535 g/mol. The van der Waals surface area contributed by atoms with Crippen molar-refractivity contribution in [1.29, 1.82) is 0 Å². The number of rotatable bonds is 4. The van der Waals surface area contributed by atoms with Gasteiger partial charge in [0.15, 0.2) is 0 Å². The molecule has 0 saturated heterocycles. The Hall–Kier alpha value is -3.11. The van der Waals surface area contributed by atoms with Crippen molar-refractivity contribution in [2.75, 3.05) is 5.75 Å². The third-order valence-electron chi connectivity index (χ3n) is 5.12. The molecule has 0 N–H and O–H groups in total. The van der Waals surface area contributed by atoms with Gasteiger partial charge in [-0.1, -0.05) is 30.7 Å². The summed E-state index contributed by atoms with van der Waals surface area (Å²) in [5.41, 5.74) is -0.962. The zero-order valence-electron chi connectivity index (χ0n) is 19.7. The van der Waals surface area contributed by atoms with Gasteiger partial charge in [-0.3, -0.25) is 9.78 Å². The number of hydrogen-bond acceptors (Lipinski definition) is 6. The van der Waals surface area contributed by atoms with Crippen molar-refractivity contribution < 1.29 is 27.5 Å². The van der Waals surface area contributed by atoms with Gasteiger partial charge in [0.05, 0.1) is 21.6 Å². The van der Waals surface area contributed by atoms with Gasteiger partial charge in [-0.25, -0.2) is 14.3 Å². The number of aldehydes is 1. The summed E-state index contributed by atoms with van der Waals surface area (Å²) in [4.78, 5) is 34.0. The number of fused-ring (bicyclic) bond motifs is 2. The van der Waals surface area contributed by atoms with Gasteiger partial charge in [0.2, 0.25) is 0 Å². The molecule has 6 nitrogen and oxygen atoms in total. The molecule has 0 aliphatic rings. The van der Waals surface area contributed by atoms with E-state index in [0.29, 0.717) is 34.2 Å². The first kappa shape index (κ1) is 26.0. The highest BCUT2D eigenvalue weighted by Crippen LogP contribution is 2.42. The number of benzene rings is 1. The number of carbonyl (C=O) groups is 2. The van der Waals surface area contributed by atoms with Gasteiger partial charge in [0.1, 0.15) is 28.8 Å². The summed E-state index contributed by atoms with van der Waals surface area (Å²) in [6.07, 6.45) is -4.26. The Bertz CT molecular complexity index is 1510. The van der Waals surface area contributed by atoms with Crippen LogP contribution in [-0.4, -0.2) is 38.3 Å². The molecule has 188 valence electrons. The first-order valence-corrected chi connectivity index (χ1v) is 12.2. The summed E-state index contributed by atoms with van der Waals surface area (Å²) in [6, 6.07) is 7.64. The lowest BCUT2D eigenvalue weighted by atomic mass is 10.1. The predicted octanol–water partition coefficient (Wildman–Crippen LogP) is 7.63. The van der Waals surface area contributed by atoms with Crippen LogP contribution < -0.4 is 0 Å². The first-order chi connectivity index (χ1) is 16.8. The van der Waals surface area contributed by atoms with Crippen LogP contribution in [0, 0.1) is 0 Å². The van der Waals surface area contributed by atoms with E-state index < -0.39 is 23.4 Å². The molecule has 0 aliphatic carbocycles. The molecule has 3 aromatic heterocycles. The summed E-state index contributed by atoms with van der Waals surface area (Å²) in [7, 11) is 0. The third kappa shape index (κ3) is 4.92. The second-order valence-electron chi connectivity index (χ2n) is 8.91. The number of halogens is 4. The van der Waals surface area contributed by atoms with Crippen LogP contribution in [0.2, 0.25) is 5.02 Å². The number of ether oxygens (including phenoxy) is 1. The molecule has 0 atom stereocenters. The zero-order chi connectivity index (χ0) is 26.4. The molecule has 0 bridgehead atoms. The van der Waals surface area contributed by atoms with Crippen molar-refractivity contribution >= 4 is 57.7 Å². The Morgan fingerprint density at radius 3 is 2.53 bits per heavy atom. The highest BCUT2D eigenvalue weighted by Gasteiger charge is 2.34. The third-order valence-corrected chi connectivity index (χ3v) is 6.39. The van der Waals surface area contributed by atoms with Crippen molar-refractivity contribution in [2.45, 2.75) is 44.4 Å². The van der Waals surface area contributed by atoms with Gasteiger partial charge in [-0.05, 0) is 44.7 Å². The van der Waals surface area contributed by atoms with E-state index in [4.69, 9.17) is 21.3 Å². The van der Waals surface area contributed by atoms with Crippen LogP contribution in [0.5, 0.6) is 0 Å². The number of nitrogens with zero attached hydrogens (tertiary/aromatic N) is 3. The SMILES string of the molecule is CCSc1cc2ccc(C=O)cc2nc1-c1c(Cl)c2ncc(C(F)(F)F)cc2n1C(=O)OC(C)(C)C. The van der Waals surface area contributed by atoms with Gasteiger partial charge in [-0.15, -0.1) is 11.8 Å². The van der Waals surface area contributed by atoms with Gasteiger partial charge in [0.25, 0.3) is 0 Å². The minimum Gasteiger partial charge on any atom is -0.443 e.